The smallest absolute Gasteiger partial charge is 0.254 e. The van der Waals surface area contributed by atoms with Crippen LogP contribution in [0.5, 0.6) is 0 Å². The highest BCUT2D eigenvalue weighted by molar-refractivity contribution is 14.0. The van der Waals surface area contributed by atoms with Crippen LogP contribution in [0.4, 0.5) is 0 Å². The first-order valence-electron chi connectivity index (χ1n) is 12.0. The predicted molar refractivity (Wildman–Crippen MR) is 143 cm³/mol. The number of halogens is 1. The van der Waals surface area contributed by atoms with Crippen molar-refractivity contribution >= 4 is 41.8 Å². The number of nitrogens with zero attached hydrogens (tertiary/aromatic N) is 3. The van der Waals surface area contributed by atoms with E-state index < -0.39 is 0 Å². The number of benzene rings is 1. The molecule has 2 heterocycles. The second-order valence-corrected chi connectivity index (χ2v) is 8.50. The van der Waals surface area contributed by atoms with Gasteiger partial charge in [0.05, 0.1) is 13.1 Å². The van der Waals surface area contributed by atoms with Crippen molar-refractivity contribution < 1.29 is 9.59 Å². The summed E-state index contributed by atoms with van der Waals surface area (Å²) in [6, 6.07) is 7.51. The Balaban J connectivity index is 0.00000385. The van der Waals surface area contributed by atoms with E-state index in [1.807, 2.05) is 24.3 Å². The lowest BCUT2D eigenvalue weighted by molar-refractivity contribution is -0.123. The van der Waals surface area contributed by atoms with Crippen molar-refractivity contribution in [2.24, 2.45) is 4.99 Å². The van der Waals surface area contributed by atoms with Gasteiger partial charge in [-0.3, -0.25) is 9.59 Å². The molecule has 0 atom stereocenters. The number of aliphatic imine (C=N–C) groups is 1. The third-order valence-corrected chi connectivity index (χ3v) is 5.93. The van der Waals surface area contributed by atoms with Crippen molar-refractivity contribution in [3.05, 3.63) is 35.4 Å². The molecule has 2 saturated heterocycles. The van der Waals surface area contributed by atoms with Crippen LogP contribution in [0.3, 0.4) is 0 Å². The number of nitrogens with one attached hydrogen (secondary N) is 3. The van der Waals surface area contributed by atoms with Gasteiger partial charge in [-0.2, -0.15) is 0 Å². The minimum Gasteiger partial charge on any atom is -0.357 e. The number of likely N-dealkylation sites (tertiary alicyclic amines) is 1. The Hall–Kier alpha value is -1.88. The number of guanidine groups is 1. The number of hydrogen-bond donors (Lipinski definition) is 3. The molecule has 2 fully saturated rings. The van der Waals surface area contributed by atoms with Crippen LogP contribution in [0.15, 0.2) is 29.3 Å². The van der Waals surface area contributed by atoms with Gasteiger partial charge in [0.1, 0.15) is 0 Å². The van der Waals surface area contributed by atoms with Gasteiger partial charge in [0.2, 0.25) is 5.91 Å². The fourth-order valence-electron chi connectivity index (χ4n) is 4.13. The van der Waals surface area contributed by atoms with E-state index in [0.717, 1.165) is 37.6 Å². The van der Waals surface area contributed by atoms with E-state index in [9.17, 15) is 9.59 Å². The van der Waals surface area contributed by atoms with Crippen molar-refractivity contribution in [2.75, 3.05) is 52.4 Å². The highest BCUT2D eigenvalue weighted by Gasteiger charge is 2.22. The van der Waals surface area contributed by atoms with Gasteiger partial charge in [0.25, 0.3) is 5.91 Å². The number of carbonyl (C=O) groups is 2. The zero-order valence-electron chi connectivity index (χ0n) is 19.8. The fraction of sp³-hybridized carbons (Fsp3) is 0.625. The summed E-state index contributed by atoms with van der Waals surface area (Å²) >= 11 is 0. The fourth-order valence-corrected chi connectivity index (χ4v) is 4.13. The van der Waals surface area contributed by atoms with E-state index in [4.69, 9.17) is 0 Å². The Morgan fingerprint density at radius 3 is 2.45 bits per heavy atom. The summed E-state index contributed by atoms with van der Waals surface area (Å²) in [6.07, 6.45) is 6.51. The average Bonchev–Trinajstić information content (AvgIpc) is 3.09. The van der Waals surface area contributed by atoms with E-state index in [1.54, 1.807) is 4.90 Å². The number of piperazine rings is 1. The van der Waals surface area contributed by atoms with Gasteiger partial charge in [-0.05, 0) is 63.5 Å². The van der Waals surface area contributed by atoms with Crippen LogP contribution in [0, 0.1) is 0 Å². The number of hydrogen-bond acceptors (Lipinski definition) is 4. The van der Waals surface area contributed by atoms with E-state index in [-0.39, 0.29) is 42.3 Å². The van der Waals surface area contributed by atoms with Gasteiger partial charge < -0.3 is 25.8 Å². The van der Waals surface area contributed by atoms with Gasteiger partial charge >= 0.3 is 0 Å². The predicted octanol–water partition coefficient (Wildman–Crippen LogP) is 2.20. The van der Waals surface area contributed by atoms with E-state index in [0.29, 0.717) is 25.2 Å². The molecule has 1 aromatic carbocycles. The molecular formula is C24H39IN6O2. The molecule has 0 unspecified atom stereocenters. The molecular weight excluding hydrogens is 531 g/mol. The first-order chi connectivity index (χ1) is 15.7. The molecule has 8 nitrogen and oxygen atoms in total. The lowest BCUT2D eigenvalue weighted by atomic mass is 10.1. The third-order valence-electron chi connectivity index (χ3n) is 5.93. The van der Waals surface area contributed by atoms with Crippen LogP contribution in [-0.2, 0) is 11.3 Å². The SMILES string of the molecule is CCNC(=NCc1ccc(C(=O)N2CCNC(=O)C2)cc1)NCCCN1CCCCCC1.I. The summed E-state index contributed by atoms with van der Waals surface area (Å²) in [5.74, 6) is 0.614. The Bertz CT molecular complexity index is 763. The monoisotopic (exact) mass is 570 g/mol. The molecule has 2 amide bonds. The Morgan fingerprint density at radius 2 is 1.79 bits per heavy atom. The molecule has 0 radical (unpaired) electrons. The van der Waals surface area contributed by atoms with E-state index >= 15 is 0 Å². The van der Waals surface area contributed by atoms with Crippen LogP contribution in [0.2, 0.25) is 0 Å². The minimum absolute atomic E-state index is 0. The van der Waals surface area contributed by atoms with Gasteiger partial charge in [0, 0.05) is 31.7 Å². The summed E-state index contributed by atoms with van der Waals surface area (Å²) in [6.45, 7) is 9.11. The van der Waals surface area contributed by atoms with Crippen molar-refractivity contribution in [1.29, 1.82) is 0 Å². The molecule has 184 valence electrons. The number of carbonyl (C=O) groups excluding carboxylic acids is 2. The highest BCUT2D eigenvalue weighted by Crippen LogP contribution is 2.11. The molecule has 3 N–H and O–H groups in total. The summed E-state index contributed by atoms with van der Waals surface area (Å²) in [4.78, 5) is 33.0. The molecule has 1 aromatic rings. The van der Waals surface area contributed by atoms with Crippen LogP contribution in [0.1, 0.15) is 54.9 Å². The largest absolute Gasteiger partial charge is 0.357 e. The van der Waals surface area contributed by atoms with Crippen LogP contribution in [-0.4, -0.2) is 79.9 Å². The van der Waals surface area contributed by atoms with Gasteiger partial charge in [-0.15, -0.1) is 24.0 Å². The summed E-state index contributed by atoms with van der Waals surface area (Å²) in [5, 5.41) is 9.48. The second kappa shape index (κ2) is 15.1. The Kier molecular flexibility index (Phi) is 12.5. The highest BCUT2D eigenvalue weighted by atomic mass is 127. The van der Waals surface area contributed by atoms with Crippen LogP contribution < -0.4 is 16.0 Å². The zero-order valence-corrected chi connectivity index (χ0v) is 22.1. The minimum atomic E-state index is -0.106. The lowest BCUT2D eigenvalue weighted by Crippen LogP contribution is -2.49. The maximum atomic E-state index is 12.6. The van der Waals surface area contributed by atoms with Crippen molar-refractivity contribution in [1.82, 2.24) is 25.8 Å². The molecule has 0 saturated carbocycles. The van der Waals surface area contributed by atoms with Crippen molar-refractivity contribution in [2.45, 2.75) is 45.6 Å². The van der Waals surface area contributed by atoms with Gasteiger partial charge in [0.15, 0.2) is 5.96 Å². The quantitative estimate of drug-likeness (QED) is 0.193. The van der Waals surface area contributed by atoms with Gasteiger partial charge in [-0.25, -0.2) is 4.99 Å². The normalized spacial score (nSPS) is 17.5. The van der Waals surface area contributed by atoms with Gasteiger partial charge in [-0.1, -0.05) is 25.0 Å². The lowest BCUT2D eigenvalue weighted by Gasteiger charge is -2.26. The van der Waals surface area contributed by atoms with Crippen LogP contribution in [0.25, 0.3) is 0 Å². The molecule has 33 heavy (non-hydrogen) atoms. The molecule has 0 spiro atoms. The zero-order chi connectivity index (χ0) is 22.6. The van der Waals surface area contributed by atoms with E-state index in [1.165, 1.54) is 38.8 Å². The maximum Gasteiger partial charge on any atom is 0.254 e. The molecule has 2 aliphatic rings. The Labute approximate surface area is 215 Å². The average molecular weight is 571 g/mol. The molecule has 0 aromatic heterocycles. The van der Waals surface area contributed by atoms with Crippen molar-refractivity contribution in [3.63, 3.8) is 0 Å². The summed E-state index contributed by atoms with van der Waals surface area (Å²) < 4.78 is 0. The first-order valence-corrected chi connectivity index (χ1v) is 12.0. The molecule has 0 bridgehead atoms. The maximum absolute atomic E-state index is 12.6. The van der Waals surface area contributed by atoms with E-state index in [2.05, 4.69) is 32.8 Å². The molecule has 9 heteroatoms. The number of amides is 2. The summed E-state index contributed by atoms with van der Waals surface area (Å²) in [7, 11) is 0. The molecule has 3 rings (SSSR count). The number of rotatable bonds is 8. The molecule has 2 aliphatic heterocycles. The topological polar surface area (TPSA) is 89.1 Å². The van der Waals surface area contributed by atoms with Crippen LogP contribution >= 0.6 is 24.0 Å². The first kappa shape index (κ1) is 27.4. The summed E-state index contributed by atoms with van der Waals surface area (Å²) in [5.41, 5.74) is 1.64. The van der Waals surface area contributed by atoms with Crippen molar-refractivity contribution in [3.8, 4) is 0 Å². The molecule has 0 aliphatic carbocycles. The third kappa shape index (κ3) is 9.48. The standard InChI is InChI=1S/C24H38N6O2.HI/c1-2-25-24(27-12-7-16-29-14-5-3-4-6-15-29)28-18-20-8-10-21(11-9-20)23(32)30-17-13-26-22(31)19-30;/h8-11H,2-7,12-19H2,1H3,(H,26,31)(H2,25,27,28);1H. The second-order valence-electron chi connectivity index (χ2n) is 8.50. The Morgan fingerprint density at radius 1 is 1.06 bits per heavy atom.